The fourth-order valence-electron chi connectivity index (χ4n) is 2.62. The second-order valence-corrected chi connectivity index (χ2v) is 9.64. The first-order chi connectivity index (χ1) is 13.3. The molecule has 7 nitrogen and oxygen atoms in total. The fourth-order valence-corrected chi connectivity index (χ4v) is 4.78. The second-order valence-electron chi connectivity index (χ2n) is 6.07. The number of aromatic nitrogens is 1. The number of anilines is 1. The number of thiophene rings is 1. The van der Waals surface area contributed by atoms with E-state index in [1.54, 1.807) is 41.6 Å². The molecule has 1 amide bonds. The Morgan fingerprint density at radius 3 is 2.75 bits per heavy atom. The normalized spacial score (nSPS) is 16.5. The van der Waals surface area contributed by atoms with E-state index in [9.17, 15) is 13.2 Å². The molecule has 0 atom stereocenters. The van der Waals surface area contributed by atoms with E-state index in [2.05, 4.69) is 4.98 Å². The molecule has 0 unspecified atom stereocenters. The molecule has 2 aromatic heterocycles. The topological polar surface area (TPSA) is 96.6 Å². The molecule has 2 N–H and O–H groups in total. The van der Waals surface area contributed by atoms with Crippen molar-refractivity contribution in [3.63, 3.8) is 0 Å². The molecule has 3 rings (SSSR count). The number of piperazine rings is 1. The summed E-state index contributed by atoms with van der Waals surface area (Å²) in [4.78, 5) is 18.7. The van der Waals surface area contributed by atoms with E-state index in [-0.39, 0.29) is 19.0 Å². The third kappa shape index (κ3) is 5.20. The van der Waals surface area contributed by atoms with Crippen molar-refractivity contribution < 1.29 is 13.2 Å². The third-order valence-electron chi connectivity index (χ3n) is 4.15. The van der Waals surface area contributed by atoms with Crippen molar-refractivity contribution >= 4 is 56.7 Å². The van der Waals surface area contributed by atoms with Crippen LogP contribution in [0.1, 0.15) is 10.4 Å². The van der Waals surface area contributed by atoms with Gasteiger partial charge in [0.2, 0.25) is 15.9 Å². The Labute approximate surface area is 172 Å². The van der Waals surface area contributed by atoms with Crippen LogP contribution in [0.5, 0.6) is 0 Å². The average molecular weight is 439 g/mol. The molecule has 10 heteroatoms. The molecule has 1 aliphatic rings. The van der Waals surface area contributed by atoms with E-state index in [0.29, 0.717) is 23.1 Å². The molecule has 1 fully saturated rings. The summed E-state index contributed by atoms with van der Waals surface area (Å²) >= 11 is 7.13. The van der Waals surface area contributed by atoms with Gasteiger partial charge in [-0.15, -0.1) is 11.3 Å². The van der Waals surface area contributed by atoms with Crippen LogP contribution in [0.15, 0.2) is 42.1 Å². The van der Waals surface area contributed by atoms with Crippen molar-refractivity contribution in [1.29, 1.82) is 0 Å². The highest BCUT2D eigenvalue weighted by Crippen LogP contribution is 2.23. The Hall–Kier alpha value is -2.20. The summed E-state index contributed by atoms with van der Waals surface area (Å²) in [5.74, 6) is -0.244. The molecule has 28 heavy (non-hydrogen) atoms. The molecule has 3 heterocycles. The van der Waals surface area contributed by atoms with Gasteiger partial charge in [-0.2, -0.15) is 4.31 Å². The fraction of sp³-hybridized carbons (Fsp3) is 0.222. The molecule has 1 aliphatic heterocycles. The molecule has 0 aromatic carbocycles. The van der Waals surface area contributed by atoms with Crippen molar-refractivity contribution in [3.8, 4) is 0 Å². The number of nitrogens with two attached hydrogens (primary N) is 1. The van der Waals surface area contributed by atoms with Crippen molar-refractivity contribution in [2.75, 3.05) is 31.9 Å². The lowest BCUT2D eigenvalue weighted by Crippen LogP contribution is -2.51. The number of sulfonamides is 1. The van der Waals surface area contributed by atoms with Crippen LogP contribution in [0, 0.1) is 0 Å². The van der Waals surface area contributed by atoms with Crippen molar-refractivity contribution in [2.24, 2.45) is 0 Å². The maximum absolute atomic E-state index is 12.5. The van der Waals surface area contributed by atoms with Crippen LogP contribution in [-0.2, 0) is 14.8 Å². The summed E-state index contributed by atoms with van der Waals surface area (Å²) in [6.07, 6.45) is 8.36. The molecule has 0 aliphatic carbocycles. The van der Waals surface area contributed by atoms with Crippen LogP contribution in [0.3, 0.4) is 0 Å². The average Bonchev–Trinajstić information content (AvgIpc) is 3.08. The molecule has 148 valence electrons. The second kappa shape index (κ2) is 8.87. The maximum Gasteiger partial charge on any atom is 0.238 e. The molecular weight excluding hydrogens is 420 g/mol. The van der Waals surface area contributed by atoms with Crippen molar-refractivity contribution in [1.82, 2.24) is 14.2 Å². The van der Waals surface area contributed by atoms with Gasteiger partial charge in [0.1, 0.15) is 0 Å². The zero-order valence-electron chi connectivity index (χ0n) is 14.9. The van der Waals surface area contributed by atoms with E-state index in [0.717, 1.165) is 15.8 Å². The van der Waals surface area contributed by atoms with Gasteiger partial charge in [-0.05, 0) is 24.3 Å². The number of nitrogen functional groups attached to an aromatic ring is 1. The predicted molar refractivity (Wildman–Crippen MR) is 113 cm³/mol. The highest BCUT2D eigenvalue weighted by atomic mass is 35.5. The SMILES string of the molecule is Nc1ccncc1/C=C/CN1CCN(S(=O)(=O)/C=C/c2ccc(Cl)s2)CC1=O. The van der Waals surface area contributed by atoms with Crippen LogP contribution >= 0.6 is 22.9 Å². The predicted octanol–water partition coefficient (Wildman–Crippen LogP) is 2.54. The summed E-state index contributed by atoms with van der Waals surface area (Å²) in [7, 11) is -3.67. The third-order valence-corrected chi connectivity index (χ3v) is 6.86. The molecular formula is C18H19ClN4O3S2. The summed E-state index contributed by atoms with van der Waals surface area (Å²) in [6.45, 7) is 0.765. The lowest BCUT2D eigenvalue weighted by Gasteiger charge is -2.32. The summed E-state index contributed by atoms with van der Waals surface area (Å²) in [5.41, 5.74) is 7.22. The van der Waals surface area contributed by atoms with E-state index < -0.39 is 10.0 Å². The number of amides is 1. The Balaban J connectivity index is 1.57. The van der Waals surface area contributed by atoms with Gasteiger partial charge in [0.25, 0.3) is 0 Å². The standard InChI is InChI=1S/C18H19ClN4O3S2/c19-17-4-3-15(27-17)6-11-28(25,26)23-10-9-22(18(24)13-23)8-1-2-14-12-21-7-5-16(14)20/h1-7,11-12H,8-10,13H2,(H2,20,21)/b2-1+,11-6+. The first-order valence-electron chi connectivity index (χ1n) is 8.42. The van der Waals surface area contributed by atoms with Crippen molar-refractivity contribution in [2.45, 2.75) is 0 Å². The Bertz CT molecular complexity index is 1020. The zero-order valence-corrected chi connectivity index (χ0v) is 17.3. The van der Waals surface area contributed by atoms with Crippen LogP contribution in [0.4, 0.5) is 5.69 Å². The Morgan fingerprint density at radius 2 is 2.07 bits per heavy atom. The van der Waals surface area contributed by atoms with Gasteiger partial charge < -0.3 is 10.6 Å². The molecule has 1 saturated heterocycles. The lowest BCUT2D eigenvalue weighted by atomic mass is 10.2. The van der Waals surface area contributed by atoms with Crippen molar-refractivity contribution in [3.05, 3.63) is 56.9 Å². The van der Waals surface area contributed by atoms with E-state index in [4.69, 9.17) is 17.3 Å². The number of hydrogen-bond acceptors (Lipinski definition) is 6. The number of hydrogen-bond donors (Lipinski definition) is 1. The highest BCUT2D eigenvalue weighted by Gasteiger charge is 2.29. The number of halogens is 1. The number of nitrogens with zero attached hydrogens (tertiary/aromatic N) is 3. The minimum absolute atomic E-state index is 0.180. The minimum atomic E-state index is -3.67. The largest absolute Gasteiger partial charge is 0.398 e. The summed E-state index contributed by atoms with van der Waals surface area (Å²) in [6, 6.07) is 5.14. The van der Waals surface area contributed by atoms with Crippen LogP contribution < -0.4 is 5.73 Å². The molecule has 0 saturated carbocycles. The number of carbonyl (C=O) groups excluding carboxylic acids is 1. The monoisotopic (exact) mass is 438 g/mol. The lowest BCUT2D eigenvalue weighted by molar-refractivity contribution is -0.133. The summed E-state index contributed by atoms with van der Waals surface area (Å²) in [5, 5.41) is 1.11. The smallest absolute Gasteiger partial charge is 0.238 e. The number of pyridine rings is 1. The zero-order chi connectivity index (χ0) is 20.1. The summed E-state index contributed by atoms with van der Waals surface area (Å²) < 4.78 is 26.7. The molecule has 0 bridgehead atoms. The van der Waals surface area contributed by atoms with Gasteiger partial charge in [0.15, 0.2) is 0 Å². The molecule has 0 radical (unpaired) electrons. The van der Waals surface area contributed by atoms with Gasteiger partial charge >= 0.3 is 0 Å². The number of carbonyl (C=O) groups is 1. The van der Waals surface area contributed by atoms with E-state index >= 15 is 0 Å². The maximum atomic E-state index is 12.5. The Morgan fingerprint density at radius 1 is 1.25 bits per heavy atom. The number of rotatable bonds is 6. The van der Waals surface area contributed by atoms with Crippen LogP contribution in [0.2, 0.25) is 4.34 Å². The van der Waals surface area contributed by atoms with Crippen LogP contribution in [-0.4, -0.2) is 54.7 Å². The molecule has 0 spiro atoms. The van der Waals surface area contributed by atoms with E-state index in [1.807, 2.05) is 6.08 Å². The van der Waals surface area contributed by atoms with Gasteiger partial charge in [0.05, 0.1) is 10.9 Å². The van der Waals surface area contributed by atoms with Gasteiger partial charge in [-0.1, -0.05) is 23.8 Å². The Kier molecular flexibility index (Phi) is 6.50. The van der Waals surface area contributed by atoms with Crippen LogP contribution in [0.25, 0.3) is 12.2 Å². The van der Waals surface area contributed by atoms with E-state index in [1.165, 1.54) is 21.7 Å². The van der Waals surface area contributed by atoms with Gasteiger partial charge in [-0.25, -0.2) is 8.42 Å². The first-order valence-corrected chi connectivity index (χ1v) is 11.1. The highest BCUT2D eigenvalue weighted by molar-refractivity contribution is 7.92. The quantitative estimate of drug-likeness (QED) is 0.747. The first kappa shape index (κ1) is 20.5. The van der Waals surface area contributed by atoms with Gasteiger partial charge in [-0.3, -0.25) is 9.78 Å². The van der Waals surface area contributed by atoms with Gasteiger partial charge in [0, 0.05) is 53.6 Å². The minimum Gasteiger partial charge on any atom is -0.398 e. The molecule has 2 aromatic rings.